The Morgan fingerprint density at radius 2 is 1.79 bits per heavy atom. The van der Waals surface area contributed by atoms with E-state index in [1.165, 1.54) is 47.0 Å². The molecular formula is C23H34N4OS. The monoisotopic (exact) mass is 414 g/mol. The predicted octanol–water partition coefficient (Wildman–Crippen LogP) is 4.24. The van der Waals surface area contributed by atoms with Crippen LogP contribution in [0.15, 0.2) is 41.3 Å². The van der Waals surface area contributed by atoms with Crippen molar-refractivity contribution in [1.29, 1.82) is 0 Å². The molecule has 1 aliphatic carbocycles. The molecule has 29 heavy (non-hydrogen) atoms. The SMILES string of the molecule is CCc1ccc(CC)c(SCc2c(C3CC3)cccc2N(C)N)c1.CN(N)C=O. The van der Waals surface area contributed by atoms with Gasteiger partial charge in [-0.2, -0.15) is 0 Å². The highest BCUT2D eigenvalue weighted by Crippen LogP contribution is 2.45. The highest BCUT2D eigenvalue weighted by atomic mass is 32.2. The second-order valence-electron chi connectivity index (χ2n) is 7.44. The highest BCUT2D eigenvalue weighted by molar-refractivity contribution is 7.98. The molecule has 1 saturated carbocycles. The minimum atomic E-state index is 0.528. The van der Waals surface area contributed by atoms with Crippen LogP contribution in [-0.4, -0.2) is 25.5 Å². The molecule has 0 saturated heterocycles. The second-order valence-corrected chi connectivity index (χ2v) is 8.46. The topological polar surface area (TPSA) is 75.6 Å². The van der Waals surface area contributed by atoms with E-state index in [2.05, 4.69) is 50.2 Å². The molecule has 0 heterocycles. The van der Waals surface area contributed by atoms with Gasteiger partial charge in [0.05, 0.1) is 5.69 Å². The molecule has 0 aliphatic heterocycles. The lowest BCUT2D eigenvalue weighted by Gasteiger charge is -2.20. The summed E-state index contributed by atoms with van der Waals surface area (Å²) in [7, 11) is 3.41. The molecule has 1 fully saturated rings. The molecule has 2 aromatic carbocycles. The maximum Gasteiger partial charge on any atom is 0.223 e. The fourth-order valence-electron chi connectivity index (χ4n) is 3.25. The maximum atomic E-state index is 9.31. The van der Waals surface area contributed by atoms with Crippen LogP contribution in [0.3, 0.4) is 0 Å². The average Bonchev–Trinajstić information content (AvgIpc) is 3.57. The van der Waals surface area contributed by atoms with E-state index in [4.69, 9.17) is 11.7 Å². The highest BCUT2D eigenvalue weighted by Gasteiger charge is 2.27. The number of aryl methyl sites for hydroxylation is 2. The van der Waals surface area contributed by atoms with Gasteiger partial charge in [0.2, 0.25) is 6.41 Å². The van der Waals surface area contributed by atoms with Gasteiger partial charge in [-0.05, 0) is 66.0 Å². The van der Waals surface area contributed by atoms with E-state index < -0.39 is 0 Å². The summed E-state index contributed by atoms with van der Waals surface area (Å²) in [5, 5.41) is 2.71. The zero-order valence-electron chi connectivity index (χ0n) is 18.0. The van der Waals surface area contributed by atoms with E-state index in [0.29, 0.717) is 6.41 Å². The summed E-state index contributed by atoms with van der Waals surface area (Å²) < 4.78 is 0. The molecule has 158 valence electrons. The van der Waals surface area contributed by atoms with Crippen LogP contribution in [0.25, 0.3) is 0 Å². The molecule has 0 atom stereocenters. The van der Waals surface area contributed by atoms with Gasteiger partial charge < -0.3 is 5.01 Å². The van der Waals surface area contributed by atoms with Crippen molar-refractivity contribution >= 4 is 23.9 Å². The number of hydrogen-bond donors (Lipinski definition) is 2. The van der Waals surface area contributed by atoms with Crippen molar-refractivity contribution in [3.05, 3.63) is 58.7 Å². The van der Waals surface area contributed by atoms with E-state index in [9.17, 15) is 4.79 Å². The van der Waals surface area contributed by atoms with E-state index in [0.717, 1.165) is 35.2 Å². The van der Waals surface area contributed by atoms with Gasteiger partial charge >= 0.3 is 0 Å². The molecule has 2 aromatic rings. The molecule has 0 spiro atoms. The molecule has 1 amide bonds. The van der Waals surface area contributed by atoms with Crippen LogP contribution in [0.2, 0.25) is 0 Å². The van der Waals surface area contributed by atoms with Gasteiger partial charge in [0.1, 0.15) is 0 Å². The van der Waals surface area contributed by atoms with Gasteiger partial charge in [0, 0.05) is 24.7 Å². The summed E-state index contributed by atoms with van der Waals surface area (Å²) in [6.45, 7) is 4.46. The lowest BCUT2D eigenvalue weighted by atomic mass is 10.0. The van der Waals surface area contributed by atoms with E-state index in [1.807, 2.05) is 18.8 Å². The van der Waals surface area contributed by atoms with Crippen LogP contribution in [0.4, 0.5) is 5.69 Å². The molecule has 5 nitrogen and oxygen atoms in total. The zero-order valence-corrected chi connectivity index (χ0v) is 18.8. The summed E-state index contributed by atoms with van der Waals surface area (Å²) in [4.78, 5) is 10.7. The third-order valence-electron chi connectivity index (χ3n) is 5.04. The average molecular weight is 415 g/mol. The number of nitrogens with zero attached hydrogens (tertiary/aromatic N) is 2. The summed E-state index contributed by atoms with van der Waals surface area (Å²) >= 11 is 1.96. The summed E-state index contributed by atoms with van der Waals surface area (Å²) in [5.74, 6) is 12.6. The maximum absolute atomic E-state index is 9.31. The Morgan fingerprint density at radius 3 is 2.31 bits per heavy atom. The minimum absolute atomic E-state index is 0.528. The first kappa shape index (κ1) is 23.3. The van der Waals surface area contributed by atoms with Crippen molar-refractivity contribution in [3.8, 4) is 0 Å². The van der Waals surface area contributed by atoms with E-state index in [-0.39, 0.29) is 0 Å². The van der Waals surface area contributed by atoms with Gasteiger partial charge in [-0.25, -0.2) is 11.7 Å². The first-order chi connectivity index (χ1) is 13.9. The van der Waals surface area contributed by atoms with Crippen LogP contribution in [0.1, 0.15) is 54.9 Å². The standard InChI is InChI=1S/C21H28N2S.C2H6N2O/c1-4-15-9-10-16(5-2)21(13-15)24-14-19-18(17-11-12-17)7-6-8-20(19)23(3)22;1-4(3)2-5/h6-10,13,17H,4-5,11-12,14,22H2,1-3H3;2H,3H2,1H3. The molecule has 0 unspecified atom stereocenters. The fraction of sp³-hybridized carbons (Fsp3) is 0.435. The van der Waals surface area contributed by atoms with Crippen molar-refractivity contribution in [1.82, 2.24) is 5.01 Å². The fourth-order valence-corrected chi connectivity index (χ4v) is 4.50. The Morgan fingerprint density at radius 1 is 1.10 bits per heavy atom. The largest absolute Gasteiger partial charge is 0.314 e. The van der Waals surface area contributed by atoms with E-state index in [1.54, 1.807) is 5.01 Å². The molecule has 3 rings (SSSR count). The smallest absolute Gasteiger partial charge is 0.223 e. The number of amides is 1. The lowest BCUT2D eigenvalue weighted by molar-refractivity contribution is -0.117. The van der Waals surface area contributed by atoms with Crippen LogP contribution in [0.5, 0.6) is 0 Å². The number of carbonyl (C=O) groups is 1. The third kappa shape index (κ3) is 6.77. The number of hydrazine groups is 2. The Bertz CT molecular complexity index is 783. The minimum Gasteiger partial charge on any atom is -0.314 e. The molecule has 0 aromatic heterocycles. The Hall–Kier alpha value is -2.02. The van der Waals surface area contributed by atoms with Crippen LogP contribution in [-0.2, 0) is 23.4 Å². The zero-order chi connectivity index (χ0) is 21.4. The number of carbonyl (C=O) groups excluding carboxylic acids is 1. The summed E-state index contributed by atoms with van der Waals surface area (Å²) in [5.41, 5.74) is 6.95. The van der Waals surface area contributed by atoms with Crippen molar-refractivity contribution in [3.63, 3.8) is 0 Å². The number of nitrogens with two attached hydrogens (primary N) is 2. The van der Waals surface area contributed by atoms with Gasteiger partial charge in [0.25, 0.3) is 0 Å². The van der Waals surface area contributed by atoms with Crippen molar-refractivity contribution in [2.45, 2.75) is 56.1 Å². The molecule has 6 heteroatoms. The Kier molecular flexibility index (Phi) is 9.01. The van der Waals surface area contributed by atoms with Crippen molar-refractivity contribution in [2.75, 3.05) is 19.1 Å². The lowest BCUT2D eigenvalue weighted by Crippen LogP contribution is -2.26. The van der Waals surface area contributed by atoms with Gasteiger partial charge in [0.15, 0.2) is 0 Å². The third-order valence-corrected chi connectivity index (χ3v) is 6.17. The Balaban J connectivity index is 0.000000537. The molecule has 0 bridgehead atoms. The number of rotatable bonds is 8. The summed E-state index contributed by atoms with van der Waals surface area (Å²) in [6.07, 6.45) is 5.34. The van der Waals surface area contributed by atoms with E-state index >= 15 is 0 Å². The van der Waals surface area contributed by atoms with Gasteiger partial charge in [-0.3, -0.25) is 9.80 Å². The number of hydrogen-bond acceptors (Lipinski definition) is 5. The summed E-state index contributed by atoms with van der Waals surface area (Å²) in [6, 6.07) is 13.5. The van der Waals surface area contributed by atoms with Gasteiger partial charge in [-0.15, -0.1) is 11.8 Å². The number of thioether (sulfide) groups is 1. The van der Waals surface area contributed by atoms with Crippen LogP contribution >= 0.6 is 11.8 Å². The van der Waals surface area contributed by atoms with Crippen LogP contribution in [0, 0.1) is 0 Å². The molecular weight excluding hydrogens is 380 g/mol. The molecule has 1 aliphatic rings. The first-order valence-corrected chi connectivity index (χ1v) is 11.2. The quantitative estimate of drug-likeness (QED) is 0.222. The van der Waals surface area contributed by atoms with Gasteiger partial charge in [-0.1, -0.05) is 38.1 Å². The van der Waals surface area contributed by atoms with Crippen molar-refractivity contribution < 1.29 is 4.79 Å². The molecule has 0 radical (unpaired) electrons. The Labute approximate surface area is 179 Å². The van der Waals surface area contributed by atoms with Crippen LogP contribution < -0.4 is 16.7 Å². The predicted molar refractivity (Wildman–Crippen MR) is 124 cm³/mol. The first-order valence-electron chi connectivity index (χ1n) is 10.2. The number of anilines is 1. The number of benzene rings is 2. The second kappa shape index (κ2) is 11.2. The normalized spacial score (nSPS) is 12.8. The van der Waals surface area contributed by atoms with Crippen molar-refractivity contribution in [2.24, 2.45) is 11.7 Å². The molecule has 4 N–H and O–H groups in total.